The van der Waals surface area contributed by atoms with Gasteiger partial charge in [0.05, 0.1) is 12.6 Å². The topological polar surface area (TPSA) is 58.9 Å². The first-order valence-electron chi connectivity index (χ1n) is 3.42. The van der Waals surface area contributed by atoms with E-state index < -0.39 is 11.4 Å². The van der Waals surface area contributed by atoms with E-state index >= 15 is 0 Å². The summed E-state index contributed by atoms with van der Waals surface area (Å²) in [5.41, 5.74) is 0. The van der Waals surface area contributed by atoms with Crippen LogP contribution >= 0.6 is 0 Å². The van der Waals surface area contributed by atoms with Gasteiger partial charge in [-0.25, -0.2) is 0 Å². The smallest absolute Gasteiger partial charge is 0.292 e. The van der Waals surface area contributed by atoms with Crippen LogP contribution in [0.15, 0.2) is 4.99 Å². The van der Waals surface area contributed by atoms with Crippen LogP contribution in [0.1, 0.15) is 20.3 Å². The lowest BCUT2D eigenvalue weighted by atomic mass is 10.4. The van der Waals surface area contributed by atoms with Crippen molar-refractivity contribution in [2.24, 2.45) is 4.99 Å². The first kappa shape index (κ1) is 10.7. The fraction of sp³-hybridized carbons (Fsp3) is 0.833. The van der Waals surface area contributed by atoms with Crippen LogP contribution in [-0.4, -0.2) is 27.6 Å². The lowest BCUT2D eigenvalue weighted by Crippen LogP contribution is -2.10. The predicted molar refractivity (Wildman–Crippen MR) is 45.0 cm³/mol. The monoisotopic (exact) mass is 179 g/mol. The molecule has 0 saturated heterocycles. The van der Waals surface area contributed by atoms with Crippen molar-refractivity contribution < 1.29 is 12.9 Å². The van der Waals surface area contributed by atoms with Gasteiger partial charge in [-0.2, -0.15) is 4.21 Å². The fourth-order valence-electron chi connectivity index (χ4n) is 0.485. The predicted octanol–water partition coefficient (Wildman–Crippen LogP) is 1.01. The van der Waals surface area contributed by atoms with E-state index in [1.165, 1.54) is 0 Å². The Labute approximate surface area is 69.2 Å². The Bertz CT molecular complexity index is 149. The first-order chi connectivity index (χ1) is 5.16. The van der Waals surface area contributed by atoms with E-state index in [1.54, 1.807) is 6.21 Å². The second-order valence-corrected chi connectivity index (χ2v) is 2.76. The maximum atomic E-state index is 10.0. The zero-order valence-electron chi connectivity index (χ0n) is 6.69. The van der Waals surface area contributed by atoms with E-state index in [1.807, 2.05) is 13.8 Å². The van der Waals surface area contributed by atoms with Crippen LogP contribution in [0.3, 0.4) is 0 Å². The highest BCUT2D eigenvalue weighted by Gasteiger charge is 1.99. The molecule has 0 aromatic rings. The molecule has 2 atom stereocenters. The molecule has 0 aromatic heterocycles. The number of nitrogens with zero attached hydrogens (tertiary/aromatic N) is 1. The molecule has 0 radical (unpaired) electrons. The molecule has 0 heterocycles. The Kier molecular flexibility index (Phi) is 6.30. The minimum atomic E-state index is -2.17. The zero-order valence-corrected chi connectivity index (χ0v) is 7.50. The summed E-state index contributed by atoms with van der Waals surface area (Å²) in [6.07, 6.45) is 2.63. The summed E-state index contributed by atoms with van der Waals surface area (Å²) in [4.78, 5) is 4.02. The maximum Gasteiger partial charge on any atom is 0.301 e. The molecule has 0 aromatic carbocycles. The normalized spacial score (nSPS) is 17.0. The molecular formula is C6H13NO3S. The second kappa shape index (κ2) is 6.45. The number of hydrogen-bond donors (Lipinski definition) is 1. The molecule has 0 bridgehead atoms. The molecule has 0 aliphatic rings. The molecule has 66 valence electrons. The lowest BCUT2D eigenvalue weighted by Gasteiger charge is -2.02. The van der Waals surface area contributed by atoms with Crippen LogP contribution in [0.25, 0.3) is 0 Å². The Morgan fingerprint density at radius 1 is 1.82 bits per heavy atom. The molecule has 2 unspecified atom stereocenters. The third kappa shape index (κ3) is 7.64. The molecule has 0 saturated carbocycles. The van der Waals surface area contributed by atoms with Crippen molar-refractivity contribution in [3.63, 3.8) is 0 Å². The highest BCUT2D eigenvalue weighted by atomic mass is 32.2. The highest BCUT2D eigenvalue weighted by Crippen LogP contribution is 1.91. The average Bonchev–Trinajstić information content (AvgIpc) is 1.97. The van der Waals surface area contributed by atoms with E-state index in [4.69, 9.17) is 4.55 Å². The van der Waals surface area contributed by atoms with Crippen molar-refractivity contribution in [1.29, 1.82) is 0 Å². The Balaban J connectivity index is 3.44. The molecule has 0 aliphatic carbocycles. The lowest BCUT2D eigenvalue weighted by molar-refractivity contribution is 0.290. The van der Waals surface area contributed by atoms with Gasteiger partial charge >= 0.3 is 11.4 Å². The van der Waals surface area contributed by atoms with Crippen molar-refractivity contribution in [2.75, 3.05) is 6.61 Å². The van der Waals surface area contributed by atoms with Crippen molar-refractivity contribution in [2.45, 2.75) is 26.3 Å². The van der Waals surface area contributed by atoms with Gasteiger partial charge in [0.2, 0.25) is 0 Å². The van der Waals surface area contributed by atoms with Gasteiger partial charge in [0.15, 0.2) is 0 Å². The minimum Gasteiger partial charge on any atom is -0.292 e. The molecule has 0 fully saturated rings. The highest BCUT2D eigenvalue weighted by molar-refractivity contribution is 7.74. The van der Waals surface area contributed by atoms with E-state index in [9.17, 15) is 4.21 Å². The van der Waals surface area contributed by atoms with E-state index in [-0.39, 0.29) is 12.6 Å². The minimum absolute atomic E-state index is 0.0500. The SMILES string of the molecule is CCC=NC(C)COS(=O)O. The largest absolute Gasteiger partial charge is 0.301 e. The molecule has 0 spiro atoms. The molecular weight excluding hydrogens is 166 g/mol. The van der Waals surface area contributed by atoms with Crippen molar-refractivity contribution in [3.05, 3.63) is 0 Å². The van der Waals surface area contributed by atoms with Crippen molar-refractivity contribution >= 4 is 17.6 Å². The van der Waals surface area contributed by atoms with Crippen LogP contribution in [0.2, 0.25) is 0 Å². The van der Waals surface area contributed by atoms with Crippen LogP contribution < -0.4 is 0 Å². The Hall–Kier alpha value is -0.260. The summed E-state index contributed by atoms with van der Waals surface area (Å²) in [6.45, 7) is 3.97. The molecule has 0 aliphatic heterocycles. The zero-order chi connectivity index (χ0) is 8.69. The average molecular weight is 179 g/mol. The van der Waals surface area contributed by atoms with Crippen LogP contribution in [0, 0.1) is 0 Å². The van der Waals surface area contributed by atoms with E-state index in [2.05, 4.69) is 9.18 Å². The molecule has 11 heavy (non-hydrogen) atoms. The van der Waals surface area contributed by atoms with Gasteiger partial charge in [-0.15, -0.1) is 0 Å². The number of rotatable bonds is 5. The number of hydrogen-bond acceptors (Lipinski definition) is 3. The van der Waals surface area contributed by atoms with Crippen LogP contribution in [0.4, 0.5) is 0 Å². The summed E-state index contributed by atoms with van der Waals surface area (Å²) < 4.78 is 22.7. The molecule has 4 nitrogen and oxygen atoms in total. The second-order valence-electron chi connectivity index (χ2n) is 2.09. The summed E-state index contributed by atoms with van der Waals surface area (Å²) in [7, 11) is 0. The van der Waals surface area contributed by atoms with Gasteiger partial charge in [-0.1, -0.05) is 6.92 Å². The standard InChI is InChI=1S/C6H13NO3S/c1-3-4-7-6(2)5-10-11(8)9/h4,6H,3,5H2,1-2H3,(H,8,9). The van der Waals surface area contributed by atoms with Gasteiger partial charge in [-0.3, -0.25) is 13.7 Å². The van der Waals surface area contributed by atoms with Gasteiger partial charge in [0, 0.05) is 0 Å². The molecule has 0 amide bonds. The first-order valence-corrected chi connectivity index (χ1v) is 4.45. The molecule has 1 N–H and O–H groups in total. The van der Waals surface area contributed by atoms with Gasteiger partial charge in [0.25, 0.3) is 0 Å². The Morgan fingerprint density at radius 2 is 2.45 bits per heavy atom. The number of aliphatic imine (C=N–C) groups is 1. The fourth-order valence-corrected chi connectivity index (χ4v) is 0.798. The molecule has 0 rings (SSSR count). The molecule has 5 heteroatoms. The van der Waals surface area contributed by atoms with Gasteiger partial charge in [-0.05, 0) is 19.6 Å². The quantitative estimate of drug-likeness (QED) is 0.506. The summed E-state index contributed by atoms with van der Waals surface area (Å²) >= 11 is -2.17. The van der Waals surface area contributed by atoms with Crippen molar-refractivity contribution in [3.8, 4) is 0 Å². The third-order valence-electron chi connectivity index (χ3n) is 0.953. The summed E-state index contributed by atoms with van der Waals surface area (Å²) in [5.74, 6) is 0. The Morgan fingerprint density at radius 3 is 2.91 bits per heavy atom. The van der Waals surface area contributed by atoms with Gasteiger partial charge < -0.3 is 0 Å². The summed E-state index contributed by atoms with van der Waals surface area (Å²) in [6, 6.07) is -0.0500. The van der Waals surface area contributed by atoms with Gasteiger partial charge in [0.1, 0.15) is 0 Å². The van der Waals surface area contributed by atoms with E-state index in [0.717, 1.165) is 6.42 Å². The van der Waals surface area contributed by atoms with Crippen LogP contribution in [-0.2, 0) is 15.5 Å². The summed E-state index contributed by atoms with van der Waals surface area (Å²) in [5, 5.41) is 0. The van der Waals surface area contributed by atoms with Crippen molar-refractivity contribution in [1.82, 2.24) is 0 Å². The maximum absolute atomic E-state index is 10.0. The third-order valence-corrected chi connectivity index (χ3v) is 1.29. The van der Waals surface area contributed by atoms with E-state index in [0.29, 0.717) is 0 Å². The van der Waals surface area contributed by atoms with Crippen LogP contribution in [0.5, 0.6) is 0 Å².